The molecule has 3 aromatic rings. The Morgan fingerprint density at radius 2 is 2.00 bits per heavy atom. The van der Waals surface area contributed by atoms with Gasteiger partial charge in [0.05, 0.1) is 5.71 Å². The second-order valence-corrected chi connectivity index (χ2v) is 6.70. The first-order chi connectivity index (χ1) is 13.0. The molecule has 0 radical (unpaired) electrons. The first kappa shape index (κ1) is 18.9. The average Bonchev–Trinajstić information content (AvgIpc) is 2.96. The summed E-state index contributed by atoms with van der Waals surface area (Å²) in [6.45, 7) is 3.50. The van der Waals surface area contributed by atoms with Crippen LogP contribution in [0.15, 0.2) is 53.8 Å². The molecule has 0 aliphatic rings. The number of aliphatic hydroxyl groups is 1. The van der Waals surface area contributed by atoms with Crippen molar-refractivity contribution in [2.45, 2.75) is 26.7 Å². The number of carbonyl (C=O) groups is 1. The number of fused-ring (bicyclic) bond motifs is 1. The van der Waals surface area contributed by atoms with Gasteiger partial charge < -0.3 is 14.5 Å². The molecule has 27 heavy (non-hydrogen) atoms. The minimum Gasteiger partial charge on any atom is -0.396 e. The maximum absolute atomic E-state index is 11.3. The van der Waals surface area contributed by atoms with Crippen molar-refractivity contribution >= 4 is 22.6 Å². The van der Waals surface area contributed by atoms with Crippen LogP contribution in [-0.4, -0.2) is 28.0 Å². The Labute approximate surface area is 158 Å². The van der Waals surface area contributed by atoms with Gasteiger partial charge in [0, 0.05) is 49.7 Å². The molecule has 0 unspecified atom stereocenters. The van der Waals surface area contributed by atoms with E-state index in [9.17, 15) is 9.90 Å². The lowest BCUT2D eigenvalue weighted by molar-refractivity contribution is -0.140. The van der Waals surface area contributed by atoms with Crippen LogP contribution < -0.4 is 0 Å². The Hall–Kier alpha value is -2.92. The number of oxime groups is 1. The quantitative estimate of drug-likeness (QED) is 0.413. The number of aryl methyl sites for hydroxylation is 2. The number of rotatable bonds is 6. The standard InChI is InChI=1S/C22H24N2O3/c1-15-6-4-5-7-18(15)13-21(23-27-16(2)26)20-14-24(3)22-9-8-17(10-11-25)12-19(20)22/h4-9,12,14,25H,10-11,13H2,1-3H3/b23-21+. The lowest BCUT2D eigenvalue weighted by Gasteiger charge is -2.08. The van der Waals surface area contributed by atoms with Gasteiger partial charge in [0.15, 0.2) is 0 Å². The average molecular weight is 364 g/mol. The number of aliphatic hydroxyl groups excluding tert-OH is 1. The van der Waals surface area contributed by atoms with E-state index >= 15 is 0 Å². The monoisotopic (exact) mass is 364 g/mol. The van der Waals surface area contributed by atoms with Gasteiger partial charge in [-0.25, -0.2) is 4.79 Å². The topological polar surface area (TPSA) is 63.8 Å². The van der Waals surface area contributed by atoms with Crippen molar-refractivity contribution in [2.75, 3.05) is 6.61 Å². The van der Waals surface area contributed by atoms with Crippen LogP contribution in [0.3, 0.4) is 0 Å². The van der Waals surface area contributed by atoms with Crippen molar-refractivity contribution in [2.24, 2.45) is 12.2 Å². The molecule has 0 fully saturated rings. The van der Waals surface area contributed by atoms with Crippen molar-refractivity contribution in [1.29, 1.82) is 0 Å². The molecule has 0 saturated carbocycles. The number of nitrogens with zero attached hydrogens (tertiary/aromatic N) is 2. The van der Waals surface area contributed by atoms with E-state index in [4.69, 9.17) is 4.84 Å². The van der Waals surface area contributed by atoms with Crippen LogP contribution in [0, 0.1) is 6.92 Å². The first-order valence-corrected chi connectivity index (χ1v) is 8.97. The molecule has 1 N–H and O–H groups in total. The first-order valence-electron chi connectivity index (χ1n) is 8.97. The Kier molecular flexibility index (Phi) is 5.72. The highest BCUT2D eigenvalue weighted by molar-refractivity contribution is 6.11. The second-order valence-electron chi connectivity index (χ2n) is 6.70. The second kappa shape index (κ2) is 8.18. The van der Waals surface area contributed by atoms with Crippen LogP contribution in [0.1, 0.15) is 29.2 Å². The van der Waals surface area contributed by atoms with Crippen LogP contribution >= 0.6 is 0 Å². The Bertz CT molecular complexity index is 1000. The van der Waals surface area contributed by atoms with Gasteiger partial charge in [-0.15, -0.1) is 0 Å². The SMILES string of the molecule is CC(=O)O/N=C(\Cc1ccccc1C)c1cn(C)c2ccc(CCO)cc12. The minimum atomic E-state index is -0.446. The predicted molar refractivity (Wildman–Crippen MR) is 107 cm³/mol. The van der Waals surface area contributed by atoms with Crippen molar-refractivity contribution in [3.05, 3.63) is 70.9 Å². The molecule has 3 rings (SSSR count). The van der Waals surface area contributed by atoms with Gasteiger partial charge in [0.25, 0.3) is 0 Å². The maximum Gasteiger partial charge on any atom is 0.331 e. The molecule has 1 heterocycles. The van der Waals surface area contributed by atoms with Crippen molar-refractivity contribution < 1.29 is 14.7 Å². The summed E-state index contributed by atoms with van der Waals surface area (Å²) in [5.41, 5.74) is 6.04. The zero-order chi connectivity index (χ0) is 19.4. The van der Waals surface area contributed by atoms with Gasteiger partial charge in [-0.3, -0.25) is 0 Å². The van der Waals surface area contributed by atoms with Gasteiger partial charge in [-0.1, -0.05) is 35.5 Å². The summed E-state index contributed by atoms with van der Waals surface area (Å²) in [5.74, 6) is -0.446. The fourth-order valence-electron chi connectivity index (χ4n) is 3.24. The minimum absolute atomic E-state index is 0.102. The molecular formula is C22H24N2O3. The molecule has 0 amide bonds. The van der Waals surface area contributed by atoms with Gasteiger partial charge in [0.1, 0.15) is 0 Å². The molecule has 0 atom stereocenters. The molecule has 1 aromatic heterocycles. The van der Waals surface area contributed by atoms with E-state index in [1.54, 1.807) is 0 Å². The smallest absolute Gasteiger partial charge is 0.331 e. The Morgan fingerprint density at radius 1 is 1.22 bits per heavy atom. The lowest BCUT2D eigenvalue weighted by atomic mass is 9.97. The Balaban J connectivity index is 2.11. The highest BCUT2D eigenvalue weighted by atomic mass is 16.7. The molecule has 5 nitrogen and oxygen atoms in total. The third-order valence-corrected chi connectivity index (χ3v) is 4.67. The fraction of sp³-hybridized carbons (Fsp3) is 0.273. The van der Waals surface area contributed by atoms with Crippen LogP contribution in [0.4, 0.5) is 0 Å². The van der Waals surface area contributed by atoms with Crippen molar-refractivity contribution in [3.8, 4) is 0 Å². The van der Waals surface area contributed by atoms with E-state index < -0.39 is 5.97 Å². The predicted octanol–water partition coefficient (Wildman–Crippen LogP) is 3.53. The number of benzene rings is 2. The molecule has 2 aromatic carbocycles. The lowest BCUT2D eigenvalue weighted by Crippen LogP contribution is -2.08. The molecule has 0 spiro atoms. The molecule has 0 bridgehead atoms. The normalized spacial score (nSPS) is 11.8. The zero-order valence-electron chi connectivity index (χ0n) is 15.9. The maximum atomic E-state index is 11.3. The zero-order valence-corrected chi connectivity index (χ0v) is 15.9. The summed E-state index contributed by atoms with van der Waals surface area (Å²) in [4.78, 5) is 16.4. The highest BCUT2D eigenvalue weighted by Crippen LogP contribution is 2.25. The highest BCUT2D eigenvalue weighted by Gasteiger charge is 2.16. The van der Waals surface area contributed by atoms with Gasteiger partial charge >= 0.3 is 5.97 Å². The van der Waals surface area contributed by atoms with Crippen molar-refractivity contribution in [3.63, 3.8) is 0 Å². The van der Waals surface area contributed by atoms with Crippen LogP contribution in [0.25, 0.3) is 10.9 Å². The van der Waals surface area contributed by atoms with E-state index in [0.717, 1.165) is 33.2 Å². The largest absolute Gasteiger partial charge is 0.396 e. The van der Waals surface area contributed by atoms with E-state index in [1.165, 1.54) is 6.92 Å². The van der Waals surface area contributed by atoms with Gasteiger partial charge in [-0.05, 0) is 42.2 Å². The third-order valence-electron chi connectivity index (χ3n) is 4.67. The molecule has 5 heteroatoms. The van der Waals surface area contributed by atoms with Gasteiger partial charge in [0.2, 0.25) is 0 Å². The molecule has 0 aliphatic carbocycles. The molecular weight excluding hydrogens is 340 g/mol. The summed E-state index contributed by atoms with van der Waals surface area (Å²) in [6.07, 6.45) is 3.16. The fourth-order valence-corrected chi connectivity index (χ4v) is 3.24. The summed E-state index contributed by atoms with van der Waals surface area (Å²) in [6, 6.07) is 14.2. The van der Waals surface area contributed by atoms with E-state index in [-0.39, 0.29) is 6.61 Å². The summed E-state index contributed by atoms with van der Waals surface area (Å²) in [7, 11) is 1.98. The number of hydrogen-bond acceptors (Lipinski definition) is 4. The van der Waals surface area contributed by atoms with Crippen LogP contribution in [0.5, 0.6) is 0 Å². The molecule has 0 saturated heterocycles. The number of carbonyl (C=O) groups excluding carboxylic acids is 1. The Morgan fingerprint density at radius 3 is 2.70 bits per heavy atom. The molecule has 140 valence electrons. The summed E-state index contributed by atoms with van der Waals surface area (Å²) < 4.78 is 2.04. The summed E-state index contributed by atoms with van der Waals surface area (Å²) in [5, 5.41) is 14.5. The van der Waals surface area contributed by atoms with Crippen LogP contribution in [0.2, 0.25) is 0 Å². The van der Waals surface area contributed by atoms with E-state index in [0.29, 0.717) is 18.6 Å². The van der Waals surface area contributed by atoms with E-state index in [1.807, 2.05) is 42.1 Å². The van der Waals surface area contributed by atoms with E-state index in [2.05, 4.69) is 30.3 Å². The van der Waals surface area contributed by atoms with Gasteiger partial charge in [-0.2, -0.15) is 0 Å². The summed E-state index contributed by atoms with van der Waals surface area (Å²) >= 11 is 0. The number of hydrogen-bond donors (Lipinski definition) is 1. The van der Waals surface area contributed by atoms with Crippen LogP contribution in [-0.2, 0) is 29.5 Å². The molecule has 0 aliphatic heterocycles. The third kappa shape index (κ3) is 4.26. The number of aromatic nitrogens is 1. The van der Waals surface area contributed by atoms with Crippen molar-refractivity contribution in [1.82, 2.24) is 4.57 Å².